The van der Waals surface area contributed by atoms with Gasteiger partial charge in [0.05, 0.1) is 28.5 Å². The Morgan fingerprint density at radius 2 is 1.88 bits per heavy atom. The van der Waals surface area contributed by atoms with Gasteiger partial charge in [-0.05, 0) is 12.1 Å². The number of hydrogen-bond donors (Lipinski definition) is 1. The zero-order valence-corrected chi connectivity index (χ0v) is 11.1. The van der Waals surface area contributed by atoms with Gasteiger partial charge in [0.15, 0.2) is 0 Å². The molecule has 84 valence electrons. The van der Waals surface area contributed by atoms with Crippen LogP contribution >= 0.6 is 46.1 Å². The minimum atomic E-state index is 0.556. The number of benzene rings is 1. The lowest BCUT2D eigenvalue weighted by Gasteiger charge is -2.08. The summed E-state index contributed by atoms with van der Waals surface area (Å²) in [5.41, 5.74) is 0.720. The Morgan fingerprint density at radius 1 is 1.19 bits per heavy atom. The molecule has 1 N–H and O–H groups in total. The van der Waals surface area contributed by atoms with E-state index in [1.54, 1.807) is 24.4 Å². The standard InChI is InChI=1S/C10H7Cl3N2S/c11-6-2-1-3-7(12)10(6)15-5-9-14-4-8(13)16-9/h1-4,15H,5H2. The first kappa shape index (κ1) is 12.0. The van der Waals surface area contributed by atoms with E-state index >= 15 is 0 Å². The Labute approximate surface area is 112 Å². The summed E-state index contributed by atoms with van der Waals surface area (Å²) in [5, 5.41) is 5.21. The number of aromatic nitrogens is 1. The molecule has 0 atom stereocenters. The summed E-state index contributed by atoms with van der Waals surface area (Å²) in [6.45, 7) is 0.556. The van der Waals surface area contributed by atoms with Gasteiger partial charge >= 0.3 is 0 Å². The van der Waals surface area contributed by atoms with E-state index in [9.17, 15) is 0 Å². The summed E-state index contributed by atoms with van der Waals surface area (Å²) in [7, 11) is 0. The fraction of sp³-hybridized carbons (Fsp3) is 0.100. The van der Waals surface area contributed by atoms with E-state index in [0.29, 0.717) is 20.9 Å². The molecule has 1 heterocycles. The topological polar surface area (TPSA) is 24.9 Å². The largest absolute Gasteiger partial charge is 0.376 e. The first-order chi connectivity index (χ1) is 7.66. The van der Waals surface area contributed by atoms with E-state index in [1.165, 1.54) is 11.3 Å². The molecule has 0 amide bonds. The van der Waals surface area contributed by atoms with Crippen LogP contribution in [-0.4, -0.2) is 4.98 Å². The van der Waals surface area contributed by atoms with E-state index in [2.05, 4.69) is 10.3 Å². The predicted molar refractivity (Wildman–Crippen MR) is 70.9 cm³/mol. The van der Waals surface area contributed by atoms with E-state index in [-0.39, 0.29) is 0 Å². The van der Waals surface area contributed by atoms with Crippen LogP contribution in [0.25, 0.3) is 0 Å². The molecule has 0 unspecified atom stereocenters. The average molecular weight is 294 g/mol. The number of hydrogen-bond acceptors (Lipinski definition) is 3. The molecule has 6 heteroatoms. The van der Waals surface area contributed by atoms with Crippen LogP contribution in [0, 0.1) is 0 Å². The molecule has 2 nitrogen and oxygen atoms in total. The Bertz CT molecular complexity index is 478. The molecule has 0 spiro atoms. The summed E-state index contributed by atoms with van der Waals surface area (Å²) in [5.74, 6) is 0. The van der Waals surface area contributed by atoms with Crippen molar-refractivity contribution < 1.29 is 0 Å². The van der Waals surface area contributed by atoms with E-state index in [0.717, 1.165) is 10.7 Å². The Morgan fingerprint density at radius 3 is 2.44 bits per heavy atom. The molecule has 16 heavy (non-hydrogen) atoms. The summed E-state index contributed by atoms with van der Waals surface area (Å²) < 4.78 is 0.669. The van der Waals surface area contributed by atoms with Crippen LogP contribution < -0.4 is 5.32 Å². The van der Waals surface area contributed by atoms with Crippen LogP contribution in [-0.2, 0) is 6.54 Å². The maximum atomic E-state index is 6.01. The SMILES string of the molecule is Clc1cnc(CNc2c(Cl)cccc2Cl)s1. The van der Waals surface area contributed by atoms with Gasteiger partial charge in [-0.2, -0.15) is 0 Å². The van der Waals surface area contributed by atoms with Crippen molar-refractivity contribution in [3.63, 3.8) is 0 Å². The number of rotatable bonds is 3. The van der Waals surface area contributed by atoms with Gasteiger partial charge in [-0.25, -0.2) is 4.98 Å². The third kappa shape index (κ3) is 2.80. The van der Waals surface area contributed by atoms with E-state index < -0.39 is 0 Å². The molecule has 0 aliphatic carbocycles. The number of para-hydroxylation sites is 1. The smallest absolute Gasteiger partial charge is 0.113 e. The van der Waals surface area contributed by atoms with Gasteiger partial charge in [0.25, 0.3) is 0 Å². The van der Waals surface area contributed by atoms with Crippen molar-refractivity contribution in [2.24, 2.45) is 0 Å². The molecule has 2 rings (SSSR count). The second kappa shape index (κ2) is 5.23. The Balaban J connectivity index is 2.10. The zero-order chi connectivity index (χ0) is 11.5. The molecule has 0 saturated heterocycles. The molecule has 0 aliphatic heterocycles. The molecular weight excluding hydrogens is 287 g/mol. The number of thiazole rings is 1. The zero-order valence-electron chi connectivity index (χ0n) is 8.01. The first-order valence-electron chi connectivity index (χ1n) is 4.45. The molecule has 0 fully saturated rings. The van der Waals surface area contributed by atoms with Crippen molar-refractivity contribution in [3.05, 3.63) is 43.8 Å². The van der Waals surface area contributed by atoms with Crippen molar-refractivity contribution in [1.82, 2.24) is 4.98 Å². The fourth-order valence-electron chi connectivity index (χ4n) is 1.20. The van der Waals surface area contributed by atoms with Crippen LogP contribution in [0.15, 0.2) is 24.4 Å². The second-order valence-electron chi connectivity index (χ2n) is 3.01. The van der Waals surface area contributed by atoms with E-state index in [1.807, 2.05) is 0 Å². The van der Waals surface area contributed by atoms with Crippen LogP contribution in [0.1, 0.15) is 5.01 Å². The lowest BCUT2D eigenvalue weighted by atomic mass is 10.3. The number of nitrogens with one attached hydrogen (secondary N) is 1. The number of nitrogens with zero attached hydrogens (tertiary/aromatic N) is 1. The molecule has 0 bridgehead atoms. The van der Waals surface area contributed by atoms with Crippen molar-refractivity contribution >= 4 is 51.8 Å². The molecule has 1 aromatic carbocycles. The van der Waals surface area contributed by atoms with Crippen LogP contribution in [0.3, 0.4) is 0 Å². The second-order valence-corrected chi connectivity index (χ2v) is 5.57. The van der Waals surface area contributed by atoms with Crippen molar-refractivity contribution in [1.29, 1.82) is 0 Å². The van der Waals surface area contributed by atoms with Crippen molar-refractivity contribution in [2.75, 3.05) is 5.32 Å². The first-order valence-corrected chi connectivity index (χ1v) is 6.40. The van der Waals surface area contributed by atoms with Crippen LogP contribution in [0.5, 0.6) is 0 Å². The quantitative estimate of drug-likeness (QED) is 0.886. The molecular formula is C10H7Cl3N2S. The van der Waals surface area contributed by atoms with E-state index in [4.69, 9.17) is 34.8 Å². The Hall–Kier alpha value is -0.480. The summed E-state index contributed by atoms with van der Waals surface area (Å²) in [6.07, 6.45) is 1.62. The molecule has 0 aliphatic rings. The Kier molecular flexibility index (Phi) is 3.92. The highest BCUT2D eigenvalue weighted by molar-refractivity contribution is 7.15. The maximum Gasteiger partial charge on any atom is 0.113 e. The van der Waals surface area contributed by atoms with Gasteiger partial charge in [0.1, 0.15) is 9.34 Å². The average Bonchev–Trinajstić information content (AvgIpc) is 2.63. The van der Waals surface area contributed by atoms with Gasteiger partial charge < -0.3 is 5.32 Å². The van der Waals surface area contributed by atoms with Crippen LogP contribution in [0.4, 0.5) is 5.69 Å². The highest BCUT2D eigenvalue weighted by Crippen LogP contribution is 2.30. The molecule has 0 radical (unpaired) electrons. The normalized spacial score (nSPS) is 10.4. The minimum Gasteiger partial charge on any atom is -0.376 e. The van der Waals surface area contributed by atoms with Gasteiger partial charge in [-0.1, -0.05) is 40.9 Å². The number of halogens is 3. The summed E-state index contributed by atoms with van der Waals surface area (Å²) in [6, 6.07) is 5.37. The highest BCUT2D eigenvalue weighted by Gasteiger charge is 2.06. The van der Waals surface area contributed by atoms with Gasteiger partial charge in [-0.3, -0.25) is 0 Å². The van der Waals surface area contributed by atoms with Gasteiger partial charge in [-0.15, -0.1) is 11.3 Å². The molecule has 1 aromatic heterocycles. The third-order valence-corrected chi connectivity index (χ3v) is 3.65. The molecule has 0 saturated carbocycles. The fourth-order valence-corrected chi connectivity index (χ4v) is 2.63. The van der Waals surface area contributed by atoms with Crippen molar-refractivity contribution in [3.8, 4) is 0 Å². The van der Waals surface area contributed by atoms with Crippen molar-refractivity contribution in [2.45, 2.75) is 6.54 Å². The van der Waals surface area contributed by atoms with Gasteiger partial charge in [0.2, 0.25) is 0 Å². The summed E-state index contributed by atoms with van der Waals surface area (Å²) in [4.78, 5) is 4.13. The minimum absolute atomic E-state index is 0.556. The summed E-state index contributed by atoms with van der Waals surface area (Å²) >= 11 is 19.2. The predicted octanol–water partition coefficient (Wildman–Crippen LogP) is 4.72. The lowest BCUT2D eigenvalue weighted by molar-refractivity contribution is 1.10. The highest BCUT2D eigenvalue weighted by atomic mass is 35.5. The van der Waals surface area contributed by atoms with Crippen LogP contribution in [0.2, 0.25) is 14.4 Å². The number of anilines is 1. The molecule has 2 aromatic rings. The maximum absolute atomic E-state index is 6.01. The third-order valence-electron chi connectivity index (χ3n) is 1.90. The monoisotopic (exact) mass is 292 g/mol. The lowest BCUT2D eigenvalue weighted by Crippen LogP contribution is -1.99. The van der Waals surface area contributed by atoms with Gasteiger partial charge in [0, 0.05) is 0 Å².